The van der Waals surface area contributed by atoms with Crippen molar-refractivity contribution in [3.8, 4) is 0 Å². The molecular formula is C11H23ClO2. The first kappa shape index (κ1) is 14.2. The first-order valence-corrected chi connectivity index (χ1v) is 6.16. The van der Waals surface area contributed by atoms with E-state index in [-0.39, 0.29) is 0 Å². The van der Waals surface area contributed by atoms with Crippen molar-refractivity contribution in [3.63, 3.8) is 0 Å². The first-order valence-electron chi connectivity index (χ1n) is 5.63. The van der Waals surface area contributed by atoms with Crippen LogP contribution in [0.3, 0.4) is 0 Å². The van der Waals surface area contributed by atoms with E-state index in [1.807, 2.05) is 6.92 Å². The van der Waals surface area contributed by atoms with Gasteiger partial charge in [0.25, 0.3) is 0 Å². The number of ether oxygens (including phenoxy) is 2. The second-order valence-electron chi connectivity index (χ2n) is 3.27. The Hall–Kier alpha value is 0.210. The quantitative estimate of drug-likeness (QED) is 0.395. The van der Waals surface area contributed by atoms with Gasteiger partial charge in [0.2, 0.25) is 0 Å². The van der Waals surface area contributed by atoms with Crippen LogP contribution < -0.4 is 0 Å². The molecule has 0 N–H and O–H groups in total. The molecular weight excluding hydrogens is 200 g/mol. The average Bonchev–Trinajstić information content (AvgIpc) is 2.21. The van der Waals surface area contributed by atoms with Gasteiger partial charge in [-0.05, 0) is 19.8 Å². The van der Waals surface area contributed by atoms with Crippen LogP contribution in [0.2, 0.25) is 0 Å². The zero-order valence-electron chi connectivity index (χ0n) is 9.27. The highest BCUT2D eigenvalue weighted by Gasteiger charge is 1.91. The Labute approximate surface area is 92.9 Å². The van der Waals surface area contributed by atoms with Crippen LogP contribution in [-0.4, -0.2) is 32.3 Å². The lowest BCUT2D eigenvalue weighted by Crippen LogP contribution is -2.04. The molecule has 0 aromatic heterocycles. The van der Waals surface area contributed by atoms with Crippen LogP contribution in [0, 0.1) is 0 Å². The fourth-order valence-corrected chi connectivity index (χ4v) is 1.38. The van der Waals surface area contributed by atoms with Crippen molar-refractivity contribution in [2.24, 2.45) is 0 Å². The molecule has 0 rings (SSSR count). The van der Waals surface area contributed by atoms with E-state index < -0.39 is 0 Å². The third-order valence-corrected chi connectivity index (χ3v) is 2.27. The second-order valence-corrected chi connectivity index (χ2v) is 3.64. The SMILES string of the molecule is CCOCCOCCCCCCCCl. The van der Waals surface area contributed by atoms with Crippen LogP contribution in [-0.2, 0) is 9.47 Å². The molecule has 0 aliphatic rings. The summed E-state index contributed by atoms with van der Waals surface area (Å²) in [6.07, 6.45) is 6.09. The Morgan fingerprint density at radius 1 is 0.786 bits per heavy atom. The maximum atomic E-state index is 5.57. The molecule has 0 fully saturated rings. The molecule has 0 aromatic rings. The van der Waals surface area contributed by atoms with Crippen LogP contribution in [0.15, 0.2) is 0 Å². The van der Waals surface area contributed by atoms with E-state index in [0.29, 0.717) is 0 Å². The van der Waals surface area contributed by atoms with E-state index in [0.717, 1.165) is 45.1 Å². The van der Waals surface area contributed by atoms with E-state index in [9.17, 15) is 0 Å². The average molecular weight is 223 g/mol. The molecule has 0 saturated heterocycles. The fourth-order valence-electron chi connectivity index (χ4n) is 1.19. The van der Waals surface area contributed by atoms with Crippen molar-refractivity contribution in [1.82, 2.24) is 0 Å². The van der Waals surface area contributed by atoms with Gasteiger partial charge in [0, 0.05) is 19.1 Å². The summed E-state index contributed by atoms with van der Waals surface area (Å²) in [5.41, 5.74) is 0. The van der Waals surface area contributed by atoms with Gasteiger partial charge in [0.1, 0.15) is 0 Å². The highest BCUT2D eigenvalue weighted by molar-refractivity contribution is 6.17. The van der Waals surface area contributed by atoms with Crippen LogP contribution >= 0.6 is 11.6 Å². The summed E-state index contributed by atoms with van der Waals surface area (Å²) in [6.45, 7) is 5.10. The molecule has 0 spiro atoms. The van der Waals surface area contributed by atoms with Crippen LogP contribution in [0.4, 0.5) is 0 Å². The van der Waals surface area contributed by atoms with E-state index in [1.165, 1.54) is 19.3 Å². The van der Waals surface area contributed by atoms with Crippen molar-refractivity contribution in [2.75, 3.05) is 32.3 Å². The fraction of sp³-hybridized carbons (Fsp3) is 1.00. The van der Waals surface area contributed by atoms with E-state index >= 15 is 0 Å². The molecule has 14 heavy (non-hydrogen) atoms. The summed E-state index contributed by atoms with van der Waals surface area (Å²) in [5.74, 6) is 0.796. The number of rotatable bonds is 11. The maximum Gasteiger partial charge on any atom is 0.0700 e. The first-order chi connectivity index (χ1) is 6.91. The Morgan fingerprint density at radius 2 is 1.43 bits per heavy atom. The van der Waals surface area contributed by atoms with Crippen molar-refractivity contribution < 1.29 is 9.47 Å². The number of unbranched alkanes of at least 4 members (excludes halogenated alkanes) is 4. The molecule has 0 atom stereocenters. The molecule has 0 heterocycles. The standard InChI is InChI=1S/C11H23ClO2/c1-2-13-10-11-14-9-7-5-3-4-6-8-12/h2-11H2,1H3. The van der Waals surface area contributed by atoms with E-state index in [1.54, 1.807) is 0 Å². The monoisotopic (exact) mass is 222 g/mol. The summed E-state index contributed by atoms with van der Waals surface area (Å²) in [7, 11) is 0. The second kappa shape index (κ2) is 13.2. The highest BCUT2D eigenvalue weighted by atomic mass is 35.5. The highest BCUT2D eigenvalue weighted by Crippen LogP contribution is 2.03. The van der Waals surface area contributed by atoms with Crippen molar-refractivity contribution in [2.45, 2.75) is 39.0 Å². The maximum absolute atomic E-state index is 5.57. The lowest BCUT2D eigenvalue weighted by Gasteiger charge is -2.04. The van der Waals surface area contributed by atoms with Gasteiger partial charge in [-0.2, -0.15) is 0 Å². The van der Waals surface area contributed by atoms with Gasteiger partial charge < -0.3 is 9.47 Å². The van der Waals surface area contributed by atoms with E-state index in [4.69, 9.17) is 21.1 Å². The molecule has 0 unspecified atom stereocenters. The number of hydrogen-bond acceptors (Lipinski definition) is 2. The van der Waals surface area contributed by atoms with Crippen LogP contribution in [0.5, 0.6) is 0 Å². The minimum atomic E-state index is 0.725. The van der Waals surface area contributed by atoms with Crippen molar-refractivity contribution >= 4 is 11.6 Å². The van der Waals surface area contributed by atoms with Gasteiger partial charge in [-0.25, -0.2) is 0 Å². The van der Waals surface area contributed by atoms with Gasteiger partial charge in [-0.1, -0.05) is 19.3 Å². The smallest absolute Gasteiger partial charge is 0.0700 e. The Kier molecular flexibility index (Phi) is 13.4. The molecule has 0 aliphatic heterocycles. The summed E-state index contributed by atoms with van der Waals surface area (Å²) >= 11 is 5.57. The molecule has 0 amide bonds. The molecule has 0 aliphatic carbocycles. The predicted molar refractivity (Wildman–Crippen MR) is 61.1 cm³/mol. The Bertz CT molecular complexity index is 87.3. The lowest BCUT2D eigenvalue weighted by atomic mass is 10.2. The molecule has 3 heteroatoms. The van der Waals surface area contributed by atoms with Gasteiger partial charge in [-0.3, -0.25) is 0 Å². The molecule has 0 bridgehead atoms. The van der Waals surface area contributed by atoms with E-state index in [2.05, 4.69) is 0 Å². The summed E-state index contributed by atoms with van der Waals surface area (Å²) < 4.78 is 10.5. The lowest BCUT2D eigenvalue weighted by molar-refractivity contribution is 0.0512. The molecule has 0 radical (unpaired) electrons. The Morgan fingerprint density at radius 3 is 2.14 bits per heavy atom. The molecule has 86 valence electrons. The van der Waals surface area contributed by atoms with Gasteiger partial charge in [-0.15, -0.1) is 11.6 Å². The number of hydrogen-bond donors (Lipinski definition) is 0. The number of halogens is 1. The zero-order valence-corrected chi connectivity index (χ0v) is 10.0. The predicted octanol–water partition coefficient (Wildman–Crippen LogP) is 3.23. The minimum Gasteiger partial charge on any atom is -0.379 e. The summed E-state index contributed by atoms with van der Waals surface area (Å²) in [6, 6.07) is 0. The molecule has 2 nitrogen and oxygen atoms in total. The Balaban J connectivity index is 2.78. The number of alkyl halides is 1. The largest absolute Gasteiger partial charge is 0.379 e. The third kappa shape index (κ3) is 12.2. The normalized spacial score (nSPS) is 10.7. The zero-order chi connectivity index (χ0) is 10.5. The topological polar surface area (TPSA) is 18.5 Å². The summed E-state index contributed by atoms with van der Waals surface area (Å²) in [5, 5.41) is 0. The van der Waals surface area contributed by atoms with Crippen molar-refractivity contribution in [3.05, 3.63) is 0 Å². The van der Waals surface area contributed by atoms with Crippen molar-refractivity contribution in [1.29, 1.82) is 0 Å². The van der Waals surface area contributed by atoms with Gasteiger partial charge in [0.15, 0.2) is 0 Å². The molecule has 0 saturated carbocycles. The summed E-state index contributed by atoms with van der Waals surface area (Å²) in [4.78, 5) is 0. The van der Waals surface area contributed by atoms with Gasteiger partial charge in [0.05, 0.1) is 13.2 Å². The van der Waals surface area contributed by atoms with Gasteiger partial charge >= 0.3 is 0 Å². The molecule has 0 aromatic carbocycles. The third-order valence-electron chi connectivity index (χ3n) is 2.00. The minimum absolute atomic E-state index is 0.725. The van der Waals surface area contributed by atoms with Crippen LogP contribution in [0.1, 0.15) is 39.0 Å². The van der Waals surface area contributed by atoms with Crippen LogP contribution in [0.25, 0.3) is 0 Å².